The van der Waals surface area contributed by atoms with Gasteiger partial charge in [-0.1, -0.05) is 29.8 Å². The predicted molar refractivity (Wildman–Crippen MR) is 71.3 cm³/mol. The molecule has 1 aliphatic rings. The van der Waals surface area contributed by atoms with Crippen LogP contribution in [0.25, 0.3) is 0 Å². The molecule has 0 aromatic heterocycles. The summed E-state index contributed by atoms with van der Waals surface area (Å²) in [7, 11) is 0. The molecule has 0 heterocycles. The maximum Gasteiger partial charge on any atom is 0.224 e. The summed E-state index contributed by atoms with van der Waals surface area (Å²) in [6, 6.07) is 5.53. The van der Waals surface area contributed by atoms with E-state index in [4.69, 9.17) is 11.6 Å². The lowest BCUT2D eigenvalue weighted by atomic mass is 10.0. The number of benzene rings is 1. The van der Waals surface area contributed by atoms with E-state index in [1.54, 1.807) is 6.07 Å². The number of allylic oxidation sites excluding steroid dienone is 2. The summed E-state index contributed by atoms with van der Waals surface area (Å²) < 4.78 is 0. The lowest BCUT2D eigenvalue weighted by Crippen LogP contribution is -2.15. The quantitative estimate of drug-likeness (QED) is 0.808. The summed E-state index contributed by atoms with van der Waals surface area (Å²) in [6.45, 7) is 1.96. The predicted octanol–water partition coefficient (Wildman–Crippen LogP) is 3.94. The Bertz CT molecular complexity index is 454. The minimum atomic E-state index is 0.0620. The number of carbonyl (C=O) groups excluding carboxylic acids is 1. The molecule has 0 bridgehead atoms. The molecular formula is C14H16ClNO. The van der Waals surface area contributed by atoms with E-state index in [0.29, 0.717) is 17.4 Å². The van der Waals surface area contributed by atoms with Crippen LogP contribution in [-0.2, 0) is 4.79 Å². The summed E-state index contributed by atoms with van der Waals surface area (Å²) in [5.74, 6) is 0.460. The van der Waals surface area contributed by atoms with Crippen molar-refractivity contribution in [2.24, 2.45) is 5.92 Å². The van der Waals surface area contributed by atoms with E-state index in [9.17, 15) is 4.79 Å². The molecule has 0 aliphatic heterocycles. The van der Waals surface area contributed by atoms with Crippen LogP contribution in [0, 0.1) is 12.8 Å². The molecule has 1 N–H and O–H groups in total. The first-order chi connectivity index (χ1) is 8.15. The van der Waals surface area contributed by atoms with E-state index in [0.717, 1.165) is 24.1 Å². The first kappa shape index (κ1) is 12.2. The minimum absolute atomic E-state index is 0.0620. The molecule has 2 rings (SSSR count). The average Bonchev–Trinajstić information content (AvgIpc) is 2.76. The highest BCUT2D eigenvalue weighted by atomic mass is 35.5. The normalized spacial score (nSPS) is 18.4. The topological polar surface area (TPSA) is 29.1 Å². The molecular weight excluding hydrogens is 234 g/mol. The zero-order chi connectivity index (χ0) is 12.3. The number of halogens is 1. The summed E-state index contributed by atoms with van der Waals surface area (Å²) in [4.78, 5) is 11.8. The molecule has 3 heteroatoms. The van der Waals surface area contributed by atoms with Crippen molar-refractivity contribution in [1.82, 2.24) is 0 Å². The van der Waals surface area contributed by atoms with Gasteiger partial charge in [-0.2, -0.15) is 0 Å². The smallest absolute Gasteiger partial charge is 0.224 e. The Morgan fingerprint density at radius 3 is 3.06 bits per heavy atom. The van der Waals surface area contributed by atoms with E-state index in [1.807, 2.05) is 19.1 Å². The van der Waals surface area contributed by atoms with Crippen LogP contribution in [0.15, 0.2) is 30.4 Å². The van der Waals surface area contributed by atoms with Crippen LogP contribution >= 0.6 is 11.6 Å². The van der Waals surface area contributed by atoms with Gasteiger partial charge in [-0.3, -0.25) is 4.79 Å². The van der Waals surface area contributed by atoms with Crippen LogP contribution in [0.5, 0.6) is 0 Å². The van der Waals surface area contributed by atoms with Gasteiger partial charge in [0.2, 0.25) is 5.91 Å². The second-order valence-corrected chi connectivity index (χ2v) is 4.91. The van der Waals surface area contributed by atoms with Crippen LogP contribution in [-0.4, -0.2) is 5.91 Å². The standard InChI is InChI=1S/C14H16ClNO/c1-10-6-7-12(15)9-13(10)16-14(17)8-11-4-2-3-5-11/h2,4,6-7,9,11H,3,5,8H2,1H3,(H,16,17)/t11-/m1/s1. The third-order valence-corrected chi connectivity index (χ3v) is 3.27. The fourth-order valence-electron chi connectivity index (χ4n) is 2.03. The van der Waals surface area contributed by atoms with Gasteiger partial charge in [0.1, 0.15) is 0 Å². The van der Waals surface area contributed by atoms with Crippen molar-refractivity contribution >= 4 is 23.2 Å². The van der Waals surface area contributed by atoms with Crippen molar-refractivity contribution in [2.75, 3.05) is 5.32 Å². The number of hydrogen-bond donors (Lipinski definition) is 1. The Kier molecular flexibility index (Phi) is 3.85. The first-order valence-electron chi connectivity index (χ1n) is 5.88. The highest BCUT2D eigenvalue weighted by molar-refractivity contribution is 6.31. The summed E-state index contributed by atoms with van der Waals surface area (Å²) in [5, 5.41) is 3.57. The van der Waals surface area contributed by atoms with Crippen molar-refractivity contribution in [2.45, 2.75) is 26.2 Å². The zero-order valence-corrected chi connectivity index (χ0v) is 10.6. The molecule has 1 aromatic carbocycles. The molecule has 1 aromatic rings. The van der Waals surface area contributed by atoms with E-state index in [-0.39, 0.29) is 5.91 Å². The minimum Gasteiger partial charge on any atom is -0.326 e. The fraction of sp³-hybridized carbons (Fsp3) is 0.357. The molecule has 1 atom stereocenters. The number of nitrogens with one attached hydrogen (secondary N) is 1. The largest absolute Gasteiger partial charge is 0.326 e. The summed E-state index contributed by atoms with van der Waals surface area (Å²) >= 11 is 5.91. The molecule has 90 valence electrons. The molecule has 0 spiro atoms. The lowest BCUT2D eigenvalue weighted by Gasteiger charge is -2.11. The molecule has 0 fully saturated rings. The Balaban J connectivity index is 1.97. The van der Waals surface area contributed by atoms with E-state index in [1.165, 1.54) is 0 Å². The van der Waals surface area contributed by atoms with Crippen molar-refractivity contribution < 1.29 is 4.79 Å². The number of hydrogen-bond acceptors (Lipinski definition) is 1. The molecule has 1 amide bonds. The van der Waals surface area contributed by atoms with Gasteiger partial charge in [-0.25, -0.2) is 0 Å². The van der Waals surface area contributed by atoms with Crippen LogP contribution in [0.1, 0.15) is 24.8 Å². The summed E-state index contributed by atoms with van der Waals surface area (Å²) in [6.07, 6.45) is 7.01. The van der Waals surface area contributed by atoms with Crippen LogP contribution in [0.4, 0.5) is 5.69 Å². The number of anilines is 1. The maximum atomic E-state index is 11.8. The van der Waals surface area contributed by atoms with Gasteiger partial charge < -0.3 is 5.32 Å². The van der Waals surface area contributed by atoms with Crippen LogP contribution in [0.3, 0.4) is 0 Å². The van der Waals surface area contributed by atoms with Gasteiger partial charge in [-0.05, 0) is 43.4 Å². The van der Waals surface area contributed by atoms with Gasteiger partial charge in [0.05, 0.1) is 0 Å². The SMILES string of the molecule is Cc1ccc(Cl)cc1NC(=O)C[C@@H]1C=CCC1. The van der Waals surface area contributed by atoms with Crippen LogP contribution < -0.4 is 5.32 Å². The molecule has 1 aliphatic carbocycles. The fourth-order valence-corrected chi connectivity index (χ4v) is 2.21. The Labute approximate surface area is 107 Å². The average molecular weight is 250 g/mol. The van der Waals surface area contributed by atoms with Crippen molar-refractivity contribution in [3.63, 3.8) is 0 Å². The van der Waals surface area contributed by atoms with Gasteiger partial charge >= 0.3 is 0 Å². The van der Waals surface area contributed by atoms with E-state index in [2.05, 4.69) is 17.5 Å². The highest BCUT2D eigenvalue weighted by Gasteiger charge is 2.14. The van der Waals surface area contributed by atoms with Crippen LogP contribution in [0.2, 0.25) is 5.02 Å². The maximum absolute atomic E-state index is 11.8. The second kappa shape index (κ2) is 5.37. The van der Waals surface area contributed by atoms with Gasteiger partial charge in [0.25, 0.3) is 0 Å². The molecule has 17 heavy (non-hydrogen) atoms. The molecule has 2 nitrogen and oxygen atoms in total. The molecule has 0 radical (unpaired) electrons. The zero-order valence-electron chi connectivity index (χ0n) is 9.87. The highest BCUT2D eigenvalue weighted by Crippen LogP contribution is 2.23. The number of aryl methyl sites for hydroxylation is 1. The van der Waals surface area contributed by atoms with Crippen molar-refractivity contribution in [3.8, 4) is 0 Å². The monoisotopic (exact) mass is 249 g/mol. The van der Waals surface area contributed by atoms with Crippen molar-refractivity contribution in [3.05, 3.63) is 40.9 Å². The lowest BCUT2D eigenvalue weighted by molar-refractivity contribution is -0.116. The first-order valence-corrected chi connectivity index (χ1v) is 6.25. The Morgan fingerprint density at radius 2 is 2.35 bits per heavy atom. The third kappa shape index (κ3) is 3.34. The molecule has 0 saturated heterocycles. The third-order valence-electron chi connectivity index (χ3n) is 3.03. The van der Waals surface area contributed by atoms with E-state index >= 15 is 0 Å². The summed E-state index contributed by atoms with van der Waals surface area (Å²) in [5.41, 5.74) is 1.84. The Hall–Kier alpha value is -1.28. The molecule has 0 unspecified atom stereocenters. The second-order valence-electron chi connectivity index (χ2n) is 4.48. The van der Waals surface area contributed by atoms with Gasteiger partial charge in [0, 0.05) is 17.1 Å². The van der Waals surface area contributed by atoms with Gasteiger partial charge in [-0.15, -0.1) is 0 Å². The Morgan fingerprint density at radius 1 is 1.53 bits per heavy atom. The number of carbonyl (C=O) groups is 1. The number of rotatable bonds is 3. The van der Waals surface area contributed by atoms with E-state index < -0.39 is 0 Å². The van der Waals surface area contributed by atoms with Crippen molar-refractivity contribution in [1.29, 1.82) is 0 Å². The van der Waals surface area contributed by atoms with Gasteiger partial charge in [0.15, 0.2) is 0 Å². The number of amides is 1. The molecule has 0 saturated carbocycles.